The zero-order valence-corrected chi connectivity index (χ0v) is 14.2. The number of nitrogens with zero attached hydrogens (tertiary/aromatic N) is 2. The number of nitrogens with one attached hydrogen (secondary N) is 1. The summed E-state index contributed by atoms with van der Waals surface area (Å²) in [5.74, 6) is 0.0755. The highest BCUT2D eigenvalue weighted by atomic mass is 79.9. The quantitative estimate of drug-likeness (QED) is 0.903. The second-order valence-electron chi connectivity index (χ2n) is 6.20. The lowest BCUT2D eigenvalue weighted by molar-refractivity contribution is 0.0906. The molecule has 2 saturated heterocycles. The molecule has 3 rings (SSSR count). The summed E-state index contributed by atoms with van der Waals surface area (Å²) in [6.07, 6.45) is 7.95. The number of aryl methyl sites for hydroxylation is 1. The van der Waals surface area contributed by atoms with E-state index in [1.54, 1.807) is 0 Å². The number of carbonyl (C=O) groups is 1. The second kappa shape index (κ2) is 6.53. The summed E-state index contributed by atoms with van der Waals surface area (Å²) >= 11 is 3.48. The summed E-state index contributed by atoms with van der Waals surface area (Å²) in [6.45, 7) is 5.35. The van der Waals surface area contributed by atoms with E-state index in [0.29, 0.717) is 12.1 Å². The zero-order chi connectivity index (χ0) is 14.8. The van der Waals surface area contributed by atoms with E-state index in [1.807, 2.05) is 16.8 Å². The topological polar surface area (TPSA) is 37.3 Å². The molecule has 0 bridgehead atoms. The van der Waals surface area contributed by atoms with E-state index in [4.69, 9.17) is 0 Å². The minimum atomic E-state index is 0.0755. The third kappa shape index (κ3) is 3.19. The van der Waals surface area contributed by atoms with Gasteiger partial charge < -0.3 is 9.88 Å². The first-order valence-corrected chi connectivity index (χ1v) is 8.89. The van der Waals surface area contributed by atoms with Crippen molar-refractivity contribution in [1.29, 1.82) is 0 Å². The molecule has 116 valence electrons. The van der Waals surface area contributed by atoms with Crippen LogP contribution in [0, 0.1) is 0 Å². The molecule has 0 aliphatic carbocycles. The molecule has 2 fully saturated rings. The number of piperidine rings is 1. The highest BCUT2D eigenvalue weighted by Gasteiger charge is 2.36. The normalized spacial score (nSPS) is 25.8. The number of rotatable bonds is 4. The average molecular weight is 354 g/mol. The molecule has 2 aliphatic heterocycles. The first kappa shape index (κ1) is 15.1. The van der Waals surface area contributed by atoms with Crippen LogP contribution in [-0.4, -0.2) is 40.5 Å². The largest absolute Gasteiger partial charge is 0.346 e. The fourth-order valence-electron chi connectivity index (χ4n) is 3.75. The summed E-state index contributed by atoms with van der Waals surface area (Å²) in [5, 5.41) is 3.28. The van der Waals surface area contributed by atoms with E-state index in [1.165, 1.54) is 25.8 Å². The lowest BCUT2D eigenvalue weighted by Gasteiger charge is -2.32. The molecule has 2 atom stereocenters. The van der Waals surface area contributed by atoms with Crippen LogP contribution in [0.25, 0.3) is 0 Å². The van der Waals surface area contributed by atoms with Crippen LogP contribution in [0.3, 0.4) is 0 Å². The molecule has 5 heteroatoms. The van der Waals surface area contributed by atoms with Gasteiger partial charge in [-0.3, -0.25) is 9.69 Å². The van der Waals surface area contributed by atoms with Crippen LogP contribution in [0.5, 0.6) is 0 Å². The monoisotopic (exact) mass is 353 g/mol. The number of hydrogen-bond acceptors (Lipinski definition) is 2. The third-order valence-electron chi connectivity index (χ3n) is 4.73. The first-order valence-electron chi connectivity index (χ1n) is 8.09. The molecule has 0 saturated carbocycles. The Morgan fingerprint density at radius 3 is 3.05 bits per heavy atom. The van der Waals surface area contributed by atoms with Gasteiger partial charge in [0, 0.05) is 35.8 Å². The molecule has 1 aromatic heterocycles. The van der Waals surface area contributed by atoms with Crippen molar-refractivity contribution in [3.8, 4) is 0 Å². The Morgan fingerprint density at radius 1 is 1.38 bits per heavy atom. The number of amides is 1. The van der Waals surface area contributed by atoms with E-state index >= 15 is 0 Å². The van der Waals surface area contributed by atoms with Gasteiger partial charge in [0.25, 0.3) is 5.91 Å². The summed E-state index contributed by atoms with van der Waals surface area (Å²) in [6, 6.07) is 2.81. The fourth-order valence-corrected chi connectivity index (χ4v) is 4.21. The molecule has 1 aromatic rings. The van der Waals surface area contributed by atoms with E-state index < -0.39 is 0 Å². The maximum absolute atomic E-state index is 12.6. The molecule has 3 heterocycles. The van der Waals surface area contributed by atoms with Crippen molar-refractivity contribution in [1.82, 2.24) is 14.8 Å². The number of fused-ring (bicyclic) bond motifs is 1. The zero-order valence-electron chi connectivity index (χ0n) is 12.6. The minimum Gasteiger partial charge on any atom is -0.346 e. The molecule has 0 aromatic carbocycles. The Balaban J connectivity index is 1.69. The molecule has 2 aliphatic rings. The first-order chi connectivity index (χ1) is 10.2. The number of halogens is 1. The minimum absolute atomic E-state index is 0.0755. The van der Waals surface area contributed by atoms with E-state index in [2.05, 4.69) is 33.1 Å². The number of aromatic nitrogens is 1. The molecule has 1 N–H and O–H groups in total. The number of carbonyl (C=O) groups excluding carboxylic acids is 1. The molecular weight excluding hydrogens is 330 g/mol. The molecular formula is C16H24BrN3O. The van der Waals surface area contributed by atoms with Crippen LogP contribution in [0.2, 0.25) is 0 Å². The van der Waals surface area contributed by atoms with Crippen LogP contribution in [0.1, 0.15) is 49.5 Å². The molecule has 0 radical (unpaired) electrons. The Bertz CT molecular complexity index is 514. The molecule has 4 nitrogen and oxygen atoms in total. The van der Waals surface area contributed by atoms with Crippen molar-refractivity contribution in [3.05, 3.63) is 22.4 Å². The second-order valence-corrected chi connectivity index (χ2v) is 7.12. The van der Waals surface area contributed by atoms with Crippen molar-refractivity contribution in [2.45, 2.75) is 57.7 Å². The van der Waals surface area contributed by atoms with E-state index in [0.717, 1.165) is 36.1 Å². The molecule has 21 heavy (non-hydrogen) atoms. The lowest BCUT2D eigenvalue weighted by Crippen LogP contribution is -2.47. The number of hydrogen-bond donors (Lipinski definition) is 1. The van der Waals surface area contributed by atoms with Gasteiger partial charge in [-0.15, -0.1) is 0 Å². The summed E-state index contributed by atoms with van der Waals surface area (Å²) < 4.78 is 3.03. The summed E-state index contributed by atoms with van der Waals surface area (Å²) in [5.41, 5.74) is 0.776. The Kier molecular flexibility index (Phi) is 4.69. The van der Waals surface area contributed by atoms with Crippen molar-refractivity contribution >= 4 is 21.8 Å². The van der Waals surface area contributed by atoms with Gasteiger partial charge in [0.15, 0.2) is 0 Å². The van der Waals surface area contributed by atoms with Gasteiger partial charge in [-0.1, -0.05) is 13.3 Å². The van der Waals surface area contributed by atoms with Crippen LogP contribution >= 0.6 is 15.9 Å². The average Bonchev–Trinajstić information content (AvgIpc) is 3.04. The van der Waals surface area contributed by atoms with Crippen LogP contribution in [-0.2, 0) is 6.54 Å². The van der Waals surface area contributed by atoms with Gasteiger partial charge in [-0.25, -0.2) is 0 Å². The van der Waals surface area contributed by atoms with Crippen molar-refractivity contribution < 1.29 is 4.79 Å². The fraction of sp³-hybridized carbons (Fsp3) is 0.688. The Labute approximate surface area is 135 Å². The Morgan fingerprint density at radius 2 is 2.24 bits per heavy atom. The van der Waals surface area contributed by atoms with Crippen LogP contribution in [0.4, 0.5) is 0 Å². The van der Waals surface area contributed by atoms with Gasteiger partial charge in [0.1, 0.15) is 5.69 Å². The summed E-state index contributed by atoms with van der Waals surface area (Å²) in [7, 11) is 0. The molecule has 0 spiro atoms. The highest BCUT2D eigenvalue weighted by molar-refractivity contribution is 9.10. The van der Waals surface area contributed by atoms with E-state index in [-0.39, 0.29) is 5.91 Å². The van der Waals surface area contributed by atoms with Gasteiger partial charge in [-0.05, 0) is 54.2 Å². The predicted octanol–water partition coefficient (Wildman–Crippen LogP) is 3.02. The molecule has 1 amide bonds. The lowest BCUT2D eigenvalue weighted by atomic mass is 9.99. The molecule has 2 unspecified atom stereocenters. The predicted molar refractivity (Wildman–Crippen MR) is 87.5 cm³/mol. The SMILES string of the molecule is CCCn1cc(Br)cc1C(=O)NC1CCN2CCCCC12. The van der Waals surface area contributed by atoms with E-state index in [9.17, 15) is 4.79 Å². The van der Waals surface area contributed by atoms with Gasteiger partial charge in [0.05, 0.1) is 0 Å². The van der Waals surface area contributed by atoms with Crippen molar-refractivity contribution in [3.63, 3.8) is 0 Å². The maximum atomic E-state index is 12.6. The van der Waals surface area contributed by atoms with Crippen molar-refractivity contribution in [2.75, 3.05) is 13.1 Å². The Hall–Kier alpha value is -0.810. The summed E-state index contributed by atoms with van der Waals surface area (Å²) in [4.78, 5) is 15.2. The van der Waals surface area contributed by atoms with Crippen LogP contribution in [0.15, 0.2) is 16.7 Å². The van der Waals surface area contributed by atoms with Gasteiger partial charge >= 0.3 is 0 Å². The highest BCUT2D eigenvalue weighted by Crippen LogP contribution is 2.27. The third-order valence-corrected chi connectivity index (χ3v) is 5.17. The van der Waals surface area contributed by atoms with Crippen molar-refractivity contribution in [2.24, 2.45) is 0 Å². The van der Waals surface area contributed by atoms with Gasteiger partial charge in [-0.2, -0.15) is 0 Å². The maximum Gasteiger partial charge on any atom is 0.268 e. The van der Waals surface area contributed by atoms with Crippen LogP contribution < -0.4 is 5.32 Å². The standard InChI is InChI=1S/C16H24BrN3O/c1-2-7-20-11-12(17)10-15(20)16(21)18-13-6-9-19-8-4-3-5-14(13)19/h10-11,13-14H,2-9H2,1H3,(H,18,21). The smallest absolute Gasteiger partial charge is 0.268 e. The van der Waals surface area contributed by atoms with Gasteiger partial charge in [0.2, 0.25) is 0 Å².